The second-order valence-corrected chi connectivity index (χ2v) is 8.79. The van der Waals surface area contributed by atoms with Gasteiger partial charge in [-0.1, -0.05) is 35.4 Å². The van der Waals surface area contributed by atoms with Gasteiger partial charge in [0.25, 0.3) is 5.91 Å². The molecule has 0 atom stereocenters. The molecule has 0 spiro atoms. The summed E-state index contributed by atoms with van der Waals surface area (Å²) in [6.07, 6.45) is 1.59. The number of amides is 1. The van der Waals surface area contributed by atoms with Gasteiger partial charge in [0.05, 0.1) is 10.5 Å². The first kappa shape index (κ1) is 19.1. The molecule has 0 aliphatic heterocycles. The number of benzene rings is 2. The van der Waals surface area contributed by atoms with Crippen molar-refractivity contribution in [1.82, 2.24) is 10.2 Å². The Morgan fingerprint density at radius 2 is 1.78 bits per heavy atom. The van der Waals surface area contributed by atoms with Crippen LogP contribution in [0.2, 0.25) is 0 Å². The van der Waals surface area contributed by atoms with Crippen LogP contribution in [0.5, 0.6) is 0 Å². The summed E-state index contributed by atoms with van der Waals surface area (Å²) in [5.74, 6) is 0.520. The van der Waals surface area contributed by atoms with Gasteiger partial charge in [-0.25, -0.2) is 8.42 Å². The van der Waals surface area contributed by atoms with Crippen molar-refractivity contribution in [3.63, 3.8) is 0 Å². The zero-order chi connectivity index (χ0) is 19.3. The van der Waals surface area contributed by atoms with Gasteiger partial charge in [0.1, 0.15) is 0 Å². The summed E-state index contributed by atoms with van der Waals surface area (Å²) >= 11 is 1.66. The highest BCUT2D eigenvalue weighted by molar-refractivity contribution is 7.99. The fourth-order valence-corrected chi connectivity index (χ4v) is 4.07. The molecule has 1 aromatic heterocycles. The van der Waals surface area contributed by atoms with E-state index < -0.39 is 15.7 Å². The minimum atomic E-state index is -3.53. The Bertz CT molecular complexity index is 1030. The summed E-state index contributed by atoms with van der Waals surface area (Å²) in [4.78, 5) is 13.5. The average molecular weight is 403 g/mol. The summed E-state index contributed by atoms with van der Waals surface area (Å²) in [7, 11) is -3.53. The smallest absolute Gasteiger partial charge is 0.322 e. The first-order chi connectivity index (χ1) is 12.9. The third kappa shape index (κ3) is 5.18. The van der Waals surface area contributed by atoms with E-state index in [1.807, 2.05) is 30.3 Å². The number of nitrogens with zero attached hydrogens (tertiary/aromatic N) is 2. The van der Waals surface area contributed by atoms with Gasteiger partial charge in [0.15, 0.2) is 9.84 Å². The van der Waals surface area contributed by atoms with Gasteiger partial charge in [-0.05, 0) is 24.3 Å². The summed E-state index contributed by atoms with van der Waals surface area (Å²) in [5, 5.41) is 10.1. The maximum absolute atomic E-state index is 12.4. The Labute approximate surface area is 161 Å². The topological polar surface area (TPSA) is 102 Å². The first-order valence-electron chi connectivity index (χ1n) is 8.04. The molecule has 9 heteroatoms. The number of hydrogen-bond donors (Lipinski definition) is 1. The Morgan fingerprint density at radius 3 is 2.52 bits per heavy atom. The lowest BCUT2D eigenvalue weighted by molar-refractivity contribution is 0.102. The standard InChI is InChI=1S/C18H17N3O4S2/c1-27(23,24)15-10-6-5-9-14(15)17(22)19-18-21-20-16(25-18)11-12-26-13-7-3-2-4-8-13/h2-10H,11-12H2,1H3,(H,19,21,22). The molecular formula is C18H17N3O4S2. The van der Waals surface area contributed by atoms with Crippen molar-refractivity contribution in [2.24, 2.45) is 0 Å². The fourth-order valence-electron chi connectivity index (χ4n) is 2.32. The number of anilines is 1. The van der Waals surface area contributed by atoms with Crippen LogP contribution >= 0.6 is 11.8 Å². The summed E-state index contributed by atoms with van der Waals surface area (Å²) < 4.78 is 29.1. The normalized spacial score (nSPS) is 11.3. The van der Waals surface area contributed by atoms with Gasteiger partial charge in [0.2, 0.25) is 5.89 Å². The van der Waals surface area contributed by atoms with Crippen LogP contribution in [0.1, 0.15) is 16.2 Å². The van der Waals surface area contributed by atoms with Crippen molar-refractivity contribution in [3.05, 3.63) is 66.1 Å². The first-order valence-corrected chi connectivity index (χ1v) is 10.9. The maximum Gasteiger partial charge on any atom is 0.322 e. The van der Waals surface area contributed by atoms with Gasteiger partial charge in [-0.2, -0.15) is 0 Å². The largest absolute Gasteiger partial charge is 0.408 e. The quantitative estimate of drug-likeness (QED) is 0.605. The lowest BCUT2D eigenvalue weighted by atomic mass is 10.2. The molecule has 0 radical (unpaired) electrons. The molecule has 7 nitrogen and oxygen atoms in total. The molecule has 0 saturated heterocycles. The van der Waals surface area contributed by atoms with E-state index in [2.05, 4.69) is 15.5 Å². The fraction of sp³-hybridized carbons (Fsp3) is 0.167. The molecule has 1 N–H and O–H groups in total. The molecule has 2 aromatic carbocycles. The second-order valence-electron chi connectivity index (χ2n) is 5.63. The van der Waals surface area contributed by atoms with Gasteiger partial charge in [-0.15, -0.1) is 16.9 Å². The van der Waals surface area contributed by atoms with Crippen LogP contribution in [0.3, 0.4) is 0 Å². The van der Waals surface area contributed by atoms with Crippen LogP contribution < -0.4 is 5.32 Å². The molecule has 140 valence electrons. The molecular weight excluding hydrogens is 386 g/mol. The molecule has 0 unspecified atom stereocenters. The van der Waals surface area contributed by atoms with Crippen LogP contribution in [0.4, 0.5) is 6.01 Å². The average Bonchev–Trinajstić information content (AvgIpc) is 3.09. The Balaban J connectivity index is 1.62. The van der Waals surface area contributed by atoms with Crippen LogP contribution in [0.25, 0.3) is 0 Å². The molecule has 1 amide bonds. The number of aryl methyl sites for hydroxylation is 1. The van der Waals surface area contributed by atoms with Crippen molar-refractivity contribution in [2.75, 3.05) is 17.3 Å². The number of carbonyl (C=O) groups is 1. The lowest BCUT2D eigenvalue weighted by Crippen LogP contribution is -2.16. The highest BCUT2D eigenvalue weighted by atomic mass is 32.2. The molecule has 27 heavy (non-hydrogen) atoms. The molecule has 3 aromatic rings. The zero-order valence-electron chi connectivity index (χ0n) is 14.5. The van der Waals surface area contributed by atoms with Crippen molar-refractivity contribution in [3.8, 4) is 0 Å². The number of hydrogen-bond acceptors (Lipinski definition) is 7. The molecule has 3 rings (SSSR count). The van der Waals surface area contributed by atoms with Crippen molar-refractivity contribution >= 4 is 33.5 Å². The molecule has 0 saturated carbocycles. The number of carbonyl (C=O) groups excluding carboxylic acids is 1. The van der Waals surface area contributed by atoms with E-state index >= 15 is 0 Å². The third-order valence-corrected chi connectivity index (χ3v) is 5.72. The van der Waals surface area contributed by atoms with E-state index in [9.17, 15) is 13.2 Å². The Kier molecular flexibility index (Phi) is 5.92. The molecule has 0 aliphatic rings. The van der Waals surface area contributed by atoms with Gasteiger partial charge in [0, 0.05) is 23.3 Å². The van der Waals surface area contributed by atoms with E-state index in [1.165, 1.54) is 12.1 Å². The van der Waals surface area contributed by atoms with Crippen molar-refractivity contribution in [2.45, 2.75) is 16.2 Å². The minimum absolute atomic E-state index is 0.0272. The van der Waals surface area contributed by atoms with Crippen molar-refractivity contribution < 1.29 is 17.6 Å². The van der Waals surface area contributed by atoms with E-state index in [0.29, 0.717) is 12.3 Å². The van der Waals surface area contributed by atoms with E-state index in [1.54, 1.807) is 23.9 Å². The van der Waals surface area contributed by atoms with Crippen LogP contribution in [-0.4, -0.2) is 36.5 Å². The summed E-state index contributed by atoms with van der Waals surface area (Å²) in [6, 6.07) is 15.8. The van der Waals surface area contributed by atoms with E-state index in [4.69, 9.17) is 4.42 Å². The highest BCUT2D eigenvalue weighted by Crippen LogP contribution is 2.20. The third-order valence-electron chi connectivity index (χ3n) is 3.55. The van der Waals surface area contributed by atoms with Crippen LogP contribution in [0.15, 0.2) is 68.8 Å². The second kappa shape index (κ2) is 8.36. The van der Waals surface area contributed by atoms with Crippen molar-refractivity contribution in [1.29, 1.82) is 0 Å². The van der Waals surface area contributed by atoms with Crippen LogP contribution in [0, 0.1) is 0 Å². The number of aromatic nitrogens is 2. The Hall–Kier alpha value is -2.65. The summed E-state index contributed by atoms with van der Waals surface area (Å²) in [5.41, 5.74) is 0.0272. The van der Waals surface area contributed by atoms with Gasteiger partial charge in [-0.3, -0.25) is 10.1 Å². The maximum atomic E-state index is 12.4. The summed E-state index contributed by atoms with van der Waals surface area (Å²) in [6.45, 7) is 0. The molecule has 0 bridgehead atoms. The SMILES string of the molecule is CS(=O)(=O)c1ccccc1C(=O)Nc1nnc(CCSc2ccccc2)o1. The number of sulfone groups is 1. The predicted molar refractivity (Wildman–Crippen MR) is 103 cm³/mol. The van der Waals surface area contributed by atoms with E-state index in [-0.39, 0.29) is 16.5 Å². The number of rotatable bonds is 7. The van der Waals surface area contributed by atoms with Crippen LogP contribution in [-0.2, 0) is 16.3 Å². The minimum Gasteiger partial charge on any atom is -0.408 e. The predicted octanol–water partition coefficient (Wildman–Crippen LogP) is 3.06. The molecule has 0 aliphatic carbocycles. The van der Waals surface area contributed by atoms with Gasteiger partial charge < -0.3 is 4.42 Å². The zero-order valence-corrected chi connectivity index (χ0v) is 16.1. The number of thioether (sulfide) groups is 1. The monoisotopic (exact) mass is 403 g/mol. The molecule has 0 fully saturated rings. The number of nitrogens with one attached hydrogen (secondary N) is 1. The highest BCUT2D eigenvalue weighted by Gasteiger charge is 2.19. The Morgan fingerprint density at radius 1 is 1.07 bits per heavy atom. The lowest BCUT2D eigenvalue weighted by Gasteiger charge is -2.06. The van der Waals surface area contributed by atoms with E-state index in [0.717, 1.165) is 16.9 Å². The molecule has 1 heterocycles. The van der Waals surface area contributed by atoms with Gasteiger partial charge >= 0.3 is 6.01 Å².